The van der Waals surface area contributed by atoms with E-state index in [-0.39, 0.29) is 11.7 Å². The van der Waals surface area contributed by atoms with Gasteiger partial charge in [-0.05, 0) is 12.1 Å². The second-order valence-corrected chi connectivity index (χ2v) is 3.12. The summed E-state index contributed by atoms with van der Waals surface area (Å²) in [5.74, 6) is 0.422. The molecule has 0 saturated heterocycles. The fraction of sp³-hybridized carbons (Fsp3) is 0. The van der Waals surface area contributed by atoms with Gasteiger partial charge in [-0.25, -0.2) is 14.4 Å². The normalized spacial score (nSPS) is 10.6. The maximum Gasteiger partial charge on any atom is 0.276 e. The second kappa shape index (κ2) is 3.74. The molecule has 0 unspecified atom stereocenters. The minimum absolute atomic E-state index is 0.191. The fourth-order valence-electron chi connectivity index (χ4n) is 1.24. The smallest absolute Gasteiger partial charge is 0.276 e. The van der Waals surface area contributed by atoms with Crippen LogP contribution in [0.4, 0.5) is 4.39 Å². The van der Waals surface area contributed by atoms with Crippen molar-refractivity contribution in [1.29, 1.82) is 0 Å². The Morgan fingerprint density at radius 3 is 2.88 bits per heavy atom. The Morgan fingerprint density at radius 2 is 2.18 bits per heavy atom. The van der Waals surface area contributed by atoms with Crippen LogP contribution in [-0.4, -0.2) is 30.3 Å². The van der Waals surface area contributed by atoms with Crippen LogP contribution in [0, 0.1) is 5.82 Å². The van der Waals surface area contributed by atoms with E-state index in [1.165, 1.54) is 18.5 Å². The number of nitrogens with one attached hydrogen (secondary N) is 1. The molecule has 0 spiro atoms. The van der Waals surface area contributed by atoms with Crippen LogP contribution >= 0.6 is 0 Å². The zero-order valence-electron chi connectivity index (χ0n) is 8.33. The molecular weight excluding hydrogens is 227 g/mol. The van der Waals surface area contributed by atoms with E-state index in [9.17, 15) is 4.39 Å². The number of hydrogen-bond donors (Lipinski definition) is 1. The van der Waals surface area contributed by atoms with Crippen molar-refractivity contribution < 1.29 is 8.91 Å². The molecule has 0 aliphatic carbocycles. The zero-order valence-corrected chi connectivity index (χ0v) is 8.33. The molecule has 3 aromatic heterocycles. The van der Waals surface area contributed by atoms with E-state index in [4.69, 9.17) is 4.52 Å². The lowest BCUT2D eigenvalue weighted by molar-refractivity contribution is 0.430. The van der Waals surface area contributed by atoms with Crippen molar-refractivity contribution >= 4 is 0 Å². The van der Waals surface area contributed by atoms with E-state index >= 15 is 0 Å². The average Bonchev–Trinajstić information content (AvgIpc) is 3.00. The SMILES string of the molecule is Fc1ccc(-c2nc(-c3ncn[nH]3)no2)nc1. The minimum Gasteiger partial charge on any atom is -0.332 e. The highest BCUT2D eigenvalue weighted by Crippen LogP contribution is 2.17. The molecule has 0 fully saturated rings. The summed E-state index contributed by atoms with van der Waals surface area (Å²) in [6, 6.07) is 2.72. The number of H-pyrrole nitrogens is 1. The molecule has 17 heavy (non-hydrogen) atoms. The first-order valence-corrected chi connectivity index (χ1v) is 4.64. The van der Waals surface area contributed by atoms with E-state index in [0.29, 0.717) is 11.5 Å². The molecule has 0 aliphatic heterocycles. The summed E-state index contributed by atoms with van der Waals surface area (Å²) >= 11 is 0. The van der Waals surface area contributed by atoms with Crippen molar-refractivity contribution in [3.8, 4) is 23.2 Å². The first kappa shape index (κ1) is 9.58. The average molecular weight is 232 g/mol. The molecule has 1 N–H and O–H groups in total. The molecule has 0 aliphatic rings. The maximum absolute atomic E-state index is 12.7. The summed E-state index contributed by atoms with van der Waals surface area (Å²) in [5, 5.41) is 9.97. The van der Waals surface area contributed by atoms with Crippen molar-refractivity contribution in [3.05, 3.63) is 30.5 Å². The summed E-state index contributed by atoms with van der Waals surface area (Å²) < 4.78 is 17.7. The summed E-state index contributed by atoms with van der Waals surface area (Å²) in [4.78, 5) is 11.8. The van der Waals surface area contributed by atoms with Gasteiger partial charge in [0.2, 0.25) is 5.82 Å². The van der Waals surface area contributed by atoms with Gasteiger partial charge in [-0.2, -0.15) is 10.1 Å². The molecule has 0 aromatic carbocycles. The van der Waals surface area contributed by atoms with Gasteiger partial charge in [-0.3, -0.25) is 5.10 Å². The topological polar surface area (TPSA) is 93.4 Å². The standard InChI is InChI=1S/C9H5FN6O/c10-5-1-2-6(11-3-5)9-14-8(16-17-9)7-12-4-13-15-7/h1-4H,(H,12,13,15). The Morgan fingerprint density at radius 1 is 1.24 bits per heavy atom. The lowest BCUT2D eigenvalue weighted by Gasteiger charge is -1.91. The quantitative estimate of drug-likeness (QED) is 0.709. The van der Waals surface area contributed by atoms with Gasteiger partial charge in [-0.15, -0.1) is 0 Å². The summed E-state index contributed by atoms with van der Waals surface area (Å²) in [6.45, 7) is 0. The molecule has 3 aromatic rings. The van der Waals surface area contributed by atoms with E-state index in [1.807, 2.05) is 0 Å². The van der Waals surface area contributed by atoms with Gasteiger partial charge >= 0.3 is 0 Å². The highest BCUT2D eigenvalue weighted by Gasteiger charge is 2.13. The van der Waals surface area contributed by atoms with Crippen LogP contribution in [0.1, 0.15) is 0 Å². The third-order valence-electron chi connectivity index (χ3n) is 2.00. The van der Waals surface area contributed by atoms with Crippen molar-refractivity contribution in [2.24, 2.45) is 0 Å². The van der Waals surface area contributed by atoms with E-state index in [2.05, 4.69) is 30.3 Å². The van der Waals surface area contributed by atoms with Crippen molar-refractivity contribution in [2.75, 3.05) is 0 Å². The van der Waals surface area contributed by atoms with Crippen molar-refractivity contribution in [2.45, 2.75) is 0 Å². The highest BCUT2D eigenvalue weighted by molar-refractivity contribution is 5.50. The van der Waals surface area contributed by atoms with Gasteiger partial charge in [0, 0.05) is 0 Å². The molecule has 7 nitrogen and oxygen atoms in total. The molecule has 0 bridgehead atoms. The Balaban J connectivity index is 1.98. The number of rotatable bonds is 2. The number of aromatic amines is 1. The van der Waals surface area contributed by atoms with Gasteiger partial charge in [0.05, 0.1) is 6.20 Å². The van der Waals surface area contributed by atoms with Gasteiger partial charge in [-0.1, -0.05) is 5.16 Å². The van der Waals surface area contributed by atoms with Gasteiger partial charge in [0.25, 0.3) is 5.89 Å². The minimum atomic E-state index is -0.427. The van der Waals surface area contributed by atoms with Gasteiger partial charge in [0.1, 0.15) is 17.8 Å². The van der Waals surface area contributed by atoms with Crippen LogP contribution in [-0.2, 0) is 0 Å². The molecule has 8 heteroatoms. The molecule has 3 heterocycles. The number of halogens is 1. The van der Waals surface area contributed by atoms with E-state index in [1.54, 1.807) is 0 Å². The highest BCUT2D eigenvalue weighted by atomic mass is 19.1. The van der Waals surface area contributed by atoms with Gasteiger partial charge in [0.15, 0.2) is 5.82 Å². The third-order valence-corrected chi connectivity index (χ3v) is 2.00. The molecule has 0 amide bonds. The number of hydrogen-bond acceptors (Lipinski definition) is 6. The largest absolute Gasteiger partial charge is 0.332 e. The third kappa shape index (κ3) is 1.75. The molecule has 0 radical (unpaired) electrons. The van der Waals surface area contributed by atoms with Crippen LogP contribution in [0.15, 0.2) is 29.2 Å². The maximum atomic E-state index is 12.7. The van der Waals surface area contributed by atoms with Gasteiger partial charge < -0.3 is 4.52 Å². The lowest BCUT2D eigenvalue weighted by atomic mass is 10.3. The van der Waals surface area contributed by atoms with Crippen LogP contribution in [0.5, 0.6) is 0 Å². The second-order valence-electron chi connectivity index (χ2n) is 3.12. The fourth-order valence-corrected chi connectivity index (χ4v) is 1.24. The molecular formula is C9H5FN6O. The zero-order chi connectivity index (χ0) is 11.7. The Kier molecular flexibility index (Phi) is 2.11. The van der Waals surface area contributed by atoms with Crippen molar-refractivity contribution in [3.63, 3.8) is 0 Å². The lowest BCUT2D eigenvalue weighted by Crippen LogP contribution is -1.86. The Hall–Kier alpha value is -2.64. The Labute approximate surface area is 93.7 Å². The summed E-state index contributed by atoms with van der Waals surface area (Å²) in [6.07, 6.45) is 2.41. The van der Waals surface area contributed by atoms with E-state index in [0.717, 1.165) is 6.20 Å². The number of nitrogens with zero attached hydrogens (tertiary/aromatic N) is 5. The molecule has 0 saturated carbocycles. The molecule has 3 rings (SSSR count). The summed E-state index contributed by atoms with van der Waals surface area (Å²) in [7, 11) is 0. The first-order chi connectivity index (χ1) is 8.33. The van der Waals surface area contributed by atoms with Crippen molar-refractivity contribution in [1.82, 2.24) is 30.3 Å². The van der Waals surface area contributed by atoms with Crippen LogP contribution < -0.4 is 0 Å². The first-order valence-electron chi connectivity index (χ1n) is 4.64. The number of aromatic nitrogens is 6. The molecule has 0 atom stereocenters. The van der Waals surface area contributed by atoms with E-state index < -0.39 is 5.82 Å². The predicted octanol–water partition coefficient (Wildman–Crippen LogP) is 1.06. The van der Waals surface area contributed by atoms with Crippen LogP contribution in [0.25, 0.3) is 23.2 Å². The molecule has 84 valence electrons. The predicted molar refractivity (Wildman–Crippen MR) is 52.9 cm³/mol. The van der Waals surface area contributed by atoms with Crippen LogP contribution in [0.2, 0.25) is 0 Å². The summed E-state index contributed by atoms with van der Waals surface area (Å²) in [5.41, 5.74) is 0.393. The Bertz CT molecular complexity index is 617. The number of pyridine rings is 1. The monoisotopic (exact) mass is 232 g/mol. The van der Waals surface area contributed by atoms with Crippen LogP contribution in [0.3, 0.4) is 0 Å².